The minimum atomic E-state index is -0.267. The highest BCUT2D eigenvalue weighted by Crippen LogP contribution is 2.30. The predicted octanol–water partition coefficient (Wildman–Crippen LogP) is 2.31. The second kappa shape index (κ2) is 6.90. The molecule has 1 aromatic carbocycles. The maximum atomic E-state index is 14.0. The molecule has 1 aliphatic rings. The third-order valence-electron chi connectivity index (χ3n) is 3.59. The fourth-order valence-electron chi connectivity index (χ4n) is 2.54. The van der Waals surface area contributed by atoms with Crippen LogP contribution in [0.4, 0.5) is 4.39 Å². The van der Waals surface area contributed by atoms with E-state index in [0.29, 0.717) is 29.5 Å². The molecule has 1 aliphatic heterocycles. The molecule has 1 heterocycles. The Morgan fingerprint density at radius 1 is 1.30 bits per heavy atom. The number of hydrogen-bond acceptors (Lipinski definition) is 4. The van der Waals surface area contributed by atoms with Gasteiger partial charge in [-0.05, 0) is 25.5 Å². The summed E-state index contributed by atoms with van der Waals surface area (Å²) in [4.78, 5) is 2.11. The van der Waals surface area contributed by atoms with Crippen molar-refractivity contribution in [1.82, 2.24) is 4.90 Å². The molecule has 20 heavy (non-hydrogen) atoms. The third kappa shape index (κ3) is 3.61. The molecule has 4 nitrogen and oxygen atoms in total. The first-order chi connectivity index (χ1) is 9.63. The maximum absolute atomic E-state index is 14.0. The van der Waals surface area contributed by atoms with Gasteiger partial charge in [-0.25, -0.2) is 4.39 Å². The van der Waals surface area contributed by atoms with Gasteiger partial charge < -0.3 is 19.1 Å². The summed E-state index contributed by atoms with van der Waals surface area (Å²) in [5.74, 6) is 1.25. The molecule has 112 valence electrons. The Balaban J connectivity index is 2.03. The number of ether oxygens (including phenoxy) is 3. The lowest BCUT2D eigenvalue weighted by Crippen LogP contribution is -2.26. The molecule has 1 aromatic rings. The topological polar surface area (TPSA) is 30.9 Å². The lowest BCUT2D eigenvalue weighted by molar-refractivity contribution is 0.172. The number of benzene rings is 1. The molecular weight excluding hydrogens is 261 g/mol. The summed E-state index contributed by atoms with van der Waals surface area (Å²) < 4.78 is 29.7. The molecule has 1 unspecified atom stereocenters. The Morgan fingerprint density at radius 3 is 2.60 bits per heavy atom. The van der Waals surface area contributed by atoms with Gasteiger partial charge in [0.2, 0.25) is 0 Å². The SMILES string of the molecule is COc1cc(F)c(CN(C)CC2CCOC2)cc1OC. The van der Waals surface area contributed by atoms with Gasteiger partial charge in [-0.15, -0.1) is 0 Å². The van der Waals surface area contributed by atoms with Gasteiger partial charge in [-0.1, -0.05) is 0 Å². The van der Waals surface area contributed by atoms with E-state index in [4.69, 9.17) is 14.2 Å². The number of nitrogens with zero attached hydrogens (tertiary/aromatic N) is 1. The van der Waals surface area contributed by atoms with Gasteiger partial charge >= 0.3 is 0 Å². The Bertz CT molecular complexity index is 447. The van der Waals surface area contributed by atoms with Crippen molar-refractivity contribution in [2.45, 2.75) is 13.0 Å². The molecular formula is C15H22FNO3. The van der Waals surface area contributed by atoms with Crippen LogP contribution in [0, 0.1) is 11.7 Å². The van der Waals surface area contributed by atoms with Crippen molar-refractivity contribution in [2.24, 2.45) is 5.92 Å². The van der Waals surface area contributed by atoms with E-state index >= 15 is 0 Å². The first kappa shape index (κ1) is 15.1. The Hall–Kier alpha value is -1.33. The molecule has 0 saturated carbocycles. The summed E-state index contributed by atoms with van der Waals surface area (Å²) in [7, 11) is 5.05. The summed E-state index contributed by atoms with van der Waals surface area (Å²) in [5.41, 5.74) is 0.615. The van der Waals surface area contributed by atoms with Crippen LogP contribution in [0.25, 0.3) is 0 Å². The van der Waals surface area contributed by atoms with Crippen LogP contribution in [0.3, 0.4) is 0 Å². The van der Waals surface area contributed by atoms with Crippen LogP contribution in [0.15, 0.2) is 12.1 Å². The largest absolute Gasteiger partial charge is 0.493 e. The zero-order valence-electron chi connectivity index (χ0n) is 12.3. The predicted molar refractivity (Wildman–Crippen MR) is 74.8 cm³/mol. The van der Waals surface area contributed by atoms with Gasteiger partial charge in [0.1, 0.15) is 5.82 Å². The summed E-state index contributed by atoms with van der Waals surface area (Å²) in [6.07, 6.45) is 1.08. The van der Waals surface area contributed by atoms with Crippen LogP contribution in [-0.4, -0.2) is 45.9 Å². The molecule has 0 spiro atoms. The minimum absolute atomic E-state index is 0.267. The zero-order chi connectivity index (χ0) is 14.5. The van der Waals surface area contributed by atoms with E-state index in [0.717, 1.165) is 26.2 Å². The average molecular weight is 283 g/mol. The van der Waals surface area contributed by atoms with Crippen LogP contribution in [0.2, 0.25) is 0 Å². The molecule has 2 rings (SSSR count). The van der Waals surface area contributed by atoms with E-state index in [1.54, 1.807) is 13.2 Å². The highest BCUT2D eigenvalue weighted by molar-refractivity contribution is 5.43. The summed E-state index contributed by atoms with van der Waals surface area (Å²) in [5, 5.41) is 0. The molecule has 0 aliphatic carbocycles. The second-order valence-corrected chi connectivity index (χ2v) is 5.22. The van der Waals surface area contributed by atoms with Gasteiger partial charge in [0.15, 0.2) is 11.5 Å². The quantitative estimate of drug-likeness (QED) is 0.801. The first-order valence-electron chi connectivity index (χ1n) is 6.80. The van der Waals surface area contributed by atoms with E-state index in [9.17, 15) is 4.39 Å². The van der Waals surface area contributed by atoms with Crippen LogP contribution in [0.5, 0.6) is 11.5 Å². The number of halogens is 1. The minimum Gasteiger partial charge on any atom is -0.493 e. The highest BCUT2D eigenvalue weighted by atomic mass is 19.1. The molecule has 5 heteroatoms. The van der Waals surface area contributed by atoms with E-state index < -0.39 is 0 Å². The van der Waals surface area contributed by atoms with E-state index in [2.05, 4.69) is 4.90 Å². The van der Waals surface area contributed by atoms with Crippen LogP contribution in [-0.2, 0) is 11.3 Å². The van der Waals surface area contributed by atoms with Crippen molar-refractivity contribution >= 4 is 0 Å². The number of methoxy groups -OCH3 is 2. The Kier molecular flexibility index (Phi) is 5.20. The van der Waals surface area contributed by atoms with Gasteiger partial charge in [-0.3, -0.25) is 0 Å². The van der Waals surface area contributed by atoms with Crippen LogP contribution < -0.4 is 9.47 Å². The third-order valence-corrected chi connectivity index (χ3v) is 3.59. The Morgan fingerprint density at radius 2 is 2.00 bits per heavy atom. The number of hydrogen-bond donors (Lipinski definition) is 0. The monoisotopic (exact) mass is 283 g/mol. The molecule has 0 aromatic heterocycles. The Labute approximate surface area is 119 Å². The van der Waals surface area contributed by atoms with Crippen LogP contribution in [0.1, 0.15) is 12.0 Å². The van der Waals surface area contributed by atoms with Gasteiger partial charge in [0.05, 0.1) is 20.8 Å². The van der Waals surface area contributed by atoms with Gasteiger partial charge in [-0.2, -0.15) is 0 Å². The molecule has 0 N–H and O–H groups in total. The fourth-order valence-corrected chi connectivity index (χ4v) is 2.54. The molecule has 0 amide bonds. The summed E-state index contributed by atoms with van der Waals surface area (Å²) >= 11 is 0. The van der Waals surface area contributed by atoms with E-state index in [1.165, 1.54) is 13.2 Å². The van der Waals surface area contributed by atoms with Crippen LogP contribution >= 0.6 is 0 Å². The normalized spacial score (nSPS) is 18.6. The standard InChI is InChI=1S/C15H22FNO3/c1-17(8-11-4-5-20-10-11)9-12-6-14(18-2)15(19-3)7-13(12)16/h6-7,11H,4-5,8-10H2,1-3H3. The first-order valence-corrected chi connectivity index (χ1v) is 6.80. The van der Waals surface area contributed by atoms with Crippen molar-refractivity contribution < 1.29 is 18.6 Å². The smallest absolute Gasteiger partial charge is 0.163 e. The lowest BCUT2D eigenvalue weighted by Gasteiger charge is -2.21. The molecule has 1 fully saturated rings. The maximum Gasteiger partial charge on any atom is 0.163 e. The average Bonchev–Trinajstić information content (AvgIpc) is 2.93. The summed E-state index contributed by atoms with van der Waals surface area (Å²) in [6.45, 7) is 3.10. The van der Waals surface area contributed by atoms with Crippen molar-refractivity contribution in [3.63, 3.8) is 0 Å². The highest BCUT2D eigenvalue weighted by Gasteiger charge is 2.19. The van der Waals surface area contributed by atoms with Crippen molar-refractivity contribution in [3.05, 3.63) is 23.5 Å². The van der Waals surface area contributed by atoms with E-state index in [1.807, 2.05) is 7.05 Å². The number of rotatable bonds is 6. The van der Waals surface area contributed by atoms with Crippen molar-refractivity contribution in [3.8, 4) is 11.5 Å². The van der Waals surface area contributed by atoms with Gasteiger partial charge in [0, 0.05) is 31.3 Å². The second-order valence-electron chi connectivity index (χ2n) is 5.22. The van der Waals surface area contributed by atoms with Gasteiger partial charge in [0.25, 0.3) is 0 Å². The zero-order valence-corrected chi connectivity index (χ0v) is 12.3. The van der Waals surface area contributed by atoms with E-state index in [-0.39, 0.29) is 5.82 Å². The fraction of sp³-hybridized carbons (Fsp3) is 0.600. The van der Waals surface area contributed by atoms with Crippen molar-refractivity contribution in [2.75, 3.05) is 41.0 Å². The molecule has 0 bridgehead atoms. The van der Waals surface area contributed by atoms with Crippen molar-refractivity contribution in [1.29, 1.82) is 0 Å². The molecule has 1 atom stereocenters. The molecule has 1 saturated heterocycles. The summed E-state index contributed by atoms with van der Waals surface area (Å²) in [6, 6.07) is 3.08. The lowest BCUT2D eigenvalue weighted by atomic mass is 10.1. The molecule has 0 radical (unpaired) electrons.